The highest BCUT2D eigenvalue weighted by molar-refractivity contribution is 6.33. The summed E-state index contributed by atoms with van der Waals surface area (Å²) in [4.78, 5) is 17.4. The summed E-state index contributed by atoms with van der Waals surface area (Å²) < 4.78 is 5.61. The van der Waals surface area contributed by atoms with Gasteiger partial charge in [0.2, 0.25) is 5.91 Å². The molecule has 2 heterocycles. The van der Waals surface area contributed by atoms with Crippen LogP contribution in [0.2, 0.25) is 5.02 Å². The maximum Gasteiger partial charge on any atom is 0.250 e. The number of carbonyl (C=O) groups is 1. The molecular formula is C13H18ClN3O2. The number of hydrogen-bond acceptors (Lipinski definition) is 4. The number of ether oxygens (including phenoxy) is 1. The third-order valence-electron chi connectivity index (χ3n) is 3.25. The van der Waals surface area contributed by atoms with Crippen LogP contribution in [-0.2, 0) is 4.74 Å². The van der Waals surface area contributed by atoms with Crippen LogP contribution in [0.4, 0.5) is 5.82 Å². The normalized spacial score (nSPS) is 16.6. The van der Waals surface area contributed by atoms with Gasteiger partial charge in [0.15, 0.2) is 0 Å². The van der Waals surface area contributed by atoms with Crippen molar-refractivity contribution in [1.82, 2.24) is 4.98 Å². The molecule has 104 valence electrons. The van der Waals surface area contributed by atoms with Crippen molar-refractivity contribution in [3.63, 3.8) is 0 Å². The van der Waals surface area contributed by atoms with Gasteiger partial charge in [-0.25, -0.2) is 4.98 Å². The van der Waals surface area contributed by atoms with Gasteiger partial charge in [-0.3, -0.25) is 4.79 Å². The molecule has 2 N–H and O–H groups in total. The molecule has 0 saturated carbocycles. The fourth-order valence-corrected chi connectivity index (χ4v) is 2.55. The molecule has 0 unspecified atom stereocenters. The summed E-state index contributed by atoms with van der Waals surface area (Å²) in [5.74, 6) is 0.192. The second-order valence-electron chi connectivity index (χ2n) is 4.54. The van der Waals surface area contributed by atoms with Gasteiger partial charge in [0.25, 0.3) is 0 Å². The molecule has 5 nitrogen and oxygen atoms in total. The Bertz CT molecular complexity index is 459. The Morgan fingerprint density at radius 1 is 1.58 bits per heavy atom. The number of anilines is 1. The largest absolute Gasteiger partial charge is 0.378 e. The van der Waals surface area contributed by atoms with E-state index in [1.807, 2.05) is 6.92 Å². The van der Waals surface area contributed by atoms with Crippen molar-refractivity contribution in [2.75, 3.05) is 24.6 Å². The van der Waals surface area contributed by atoms with Gasteiger partial charge < -0.3 is 15.4 Å². The third kappa shape index (κ3) is 3.36. The first-order chi connectivity index (χ1) is 9.11. The average molecular weight is 284 g/mol. The van der Waals surface area contributed by atoms with Crippen LogP contribution in [0.25, 0.3) is 0 Å². The van der Waals surface area contributed by atoms with E-state index >= 15 is 0 Å². The van der Waals surface area contributed by atoms with Crippen LogP contribution >= 0.6 is 11.6 Å². The number of pyridine rings is 1. The lowest BCUT2D eigenvalue weighted by atomic mass is 10.1. The third-order valence-corrected chi connectivity index (χ3v) is 3.53. The molecule has 0 spiro atoms. The summed E-state index contributed by atoms with van der Waals surface area (Å²) in [7, 11) is 0. The molecular weight excluding hydrogens is 266 g/mol. The number of halogens is 1. The van der Waals surface area contributed by atoms with Crippen molar-refractivity contribution in [2.45, 2.75) is 25.9 Å². The van der Waals surface area contributed by atoms with E-state index in [2.05, 4.69) is 9.88 Å². The van der Waals surface area contributed by atoms with Crippen molar-refractivity contribution in [1.29, 1.82) is 0 Å². The molecule has 19 heavy (non-hydrogen) atoms. The van der Waals surface area contributed by atoms with Crippen molar-refractivity contribution in [3.05, 3.63) is 22.8 Å². The van der Waals surface area contributed by atoms with Crippen molar-refractivity contribution < 1.29 is 9.53 Å². The van der Waals surface area contributed by atoms with Gasteiger partial charge in [0.1, 0.15) is 5.82 Å². The van der Waals surface area contributed by atoms with Gasteiger partial charge in [-0.15, -0.1) is 0 Å². The molecule has 0 bridgehead atoms. The number of amides is 1. The lowest BCUT2D eigenvalue weighted by molar-refractivity contribution is 0.0458. The van der Waals surface area contributed by atoms with Crippen LogP contribution in [0.1, 0.15) is 30.1 Å². The maximum absolute atomic E-state index is 11.0. The monoisotopic (exact) mass is 283 g/mol. The zero-order chi connectivity index (χ0) is 13.8. The molecule has 1 aromatic heterocycles. The molecule has 2 rings (SSSR count). The van der Waals surface area contributed by atoms with Crippen molar-refractivity contribution in [2.24, 2.45) is 5.73 Å². The van der Waals surface area contributed by atoms with Gasteiger partial charge in [0, 0.05) is 25.9 Å². The van der Waals surface area contributed by atoms with Gasteiger partial charge in [-0.1, -0.05) is 11.6 Å². The summed E-state index contributed by atoms with van der Waals surface area (Å²) in [5, 5.41) is 0.464. The van der Waals surface area contributed by atoms with Crippen LogP contribution in [0.3, 0.4) is 0 Å². The summed E-state index contributed by atoms with van der Waals surface area (Å²) in [5.41, 5.74) is 5.53. The van der Waals surface area contributed by atoms with Crippen LogP contribution < -0.4 is 10.6 Å². The second kappa shape index (κ2) is 6.21. The van der Waals surface area contributed by atoms with E-state index in [-0.39, 0.29) is 0 Å². The number of rotatable bonds is 4. The van der Waals surface area contributed by atoms with Gasteiger partial charge in [-0.2, -0.15) is 0 Å². The van der Waals surface area contributed by atoms with E-state index in [1.54, 1.807) is 6.07 Å². The van der Waals surface area contributed by atoms with Crippen LogP contribution in [0.5, 0.6) is 0 Å². The highest BCUT2D eigenvalue weighted by Crippen LogP contribution is 2.27. The summed E-state index contributed by atoms with van der Waals surface area (Å²) >= 11 is 6.16. The Kier molecular flexibility index (Phi) is 4.61. The minimum atomic E-state index is -0.518. The number of nitrogens with two attached hydrogens (primary N) is 1. The van der Waals surface area contributed by atoms with Crippen LogP contribution in [0, 0.1) is 0 Å². The molecule has 1 aromatic rings. The fourth-order valence-electron chi connectivity index (χ4n) is 2.27. The first-order valence-corrected chi connectivity index (χ1v) is 6.81. The topological polar surface area (TPSA) is 68.4 Å². The molecule has 1 aliphatic heterocycles. The molecule has 0 radical (unpaired) electrons. The van der Waals surface area contributed by atoms with E-state index in [4.69, 9.17) is 22.1 Å². The molecule has 0 atom stereocenters. The standard InChI is InChI=1S/C13H18ClN3O2/c1-2-19-10-3-5-17(6-4-10)13-11(14)7-9(8-16-13)12(15)18/h7-8,10H,2-6H2,1H3,(H2,15,18). The number of primary amides is 1. The van der Waals surface area contributed by atoms with E-state index in [1.165, 1.54) is 6.20 Å². The van der Waals surface area contributed by atoms with Crippen molar-refractivity contribution in [3.8, 4) is 0 Å². The molecule has 1 fully saturated rings. The first-order valence-electron chi connectivity index (χ1n) is 6.43. The fraction of sp³-hybridized carbons (Fsp3) is 0.538. The second-order valence-corrected chi connectivity index (χ2v) is 4.94. The molecule has 0 aromatic carbocycles. The molecule has 6 heteroatoms. The van der Waals surface area contributed by atoms with E-state index in [0.717, 1.165) is 32.5 Å². The van der Waals surface area contributed by atoms with Crippen LogP contribution in [0.15, 0.2) is 12.3 Å². The lowest BCUT2D eigenvalue weighted by Gasteiger charge is -2.33. The maximum atomic E-state index is 11.0. The highest BCUT2D eigenvalue weighted by atomic mass is 35.5. The quantitative estimate of drug-likeness (QED) is 0.915. The first kappa shape index (κ1) is 14.1. The minimum absolute atomic E-state index is 0.324. The summed E-state index contributed by atoms with van der Waals surface area (Å²) in [6, 6.07) is 1.57. The van der Waals surface area contributed by atoms with Gasteiger partial charge >= 0.3 is 0 Å². The molecule has 0 aliphatic carbocycles. The van der Waals surface area contributed by atoms with Gasteiger partial charge in [0.05, 0.1) is 16.7 Å². The zero-order valence-corrected chi connectivity index (χ0v) is 11.7. The van der Waals surface area contributed by atoms with E-state index < -0.39 is 5.91 Å². The Hall–Kier alpha value is -1.33. The number of hydrogen-bond donors (Lipinski definition) is 1. The molecule has 1 aliphatic rings. The minimum Gasteiger partial charge on any atom is -0.378 e. The van der Waals surface area contributed by atoms with E-state index in [9.17, 15) is 4.79 Å². The predicted molar refractivity (Wildman–Crippen MR) is 74.6 cm³/mol. The van der Waals surface area contributed by atoms with Gasteiger partial charge in [-0.05, 0) is 25.8 Å². The van der Waals surface area contributed by atoms with Crippen LogP contribution in [-0.4, -0.2) is 36.7 Å². The summed E-state index contributed by atoms with van der Waals surface area (Å²) in [6.07, 6.45) is 3.72. The number of piperidine rings is 1. The molecule has 1 saturated heterocycles. The Labute approximate surface area is 117 Å². The Balaban J connectivity index is 2.05. The average Bonchev–Trinajstić information content (AvgIpc) is 2.40. The summed E-state index contributed by atoms with van der Waals surface area (Å²) in [6.45, 7) is 4.46. The highest BCUT2D eigenvalue weighted by Gasteiger charge is 2.22. The molecule has 1 amide bonds. The smallest absolute Gasteiger partial charge is 0.250 e. The number of carbonyl (C=O) groups excluding carboxylic acids is 1. The zero-order valence-electron chi connectivity index (χ0n) is 10.9. The van der Waals surface area contributed by atoms with Crippen molar-refractivity contribution >= 4 is 23.3 Å². The Morgan fingerprint density at radius 2 is 2.26 bits per heavy atom. The Morgan fingerprint density at radius 3 is 2.79 bits per heavy atom. The SMILES string of the molecule is CCOC1CCN(c2ncc(C(N)=O)cc2Cl)CC1. The predicted octanol–water partition coefficient (Wildman–Crippen LogP) is 1.84. The number of nitrogens with zero attached hydrogens (tertiary/aromatic N) is 2. The number of aromatic nitrogens is 1. The lowest BCUT2D eigenvalue weighted by Crippen LogP contribution is -2.37. The van der Waals surface area contributed by atoms with E-state index in [0.29, 0.717) is 22.5 Å².